The summed E-state index contributed by atoms with van der Waals surface area (Å²) in [5.74, 6) is -0.313. The summed E-state index contributed by atoms with van der Waals surface area (Å²) in [5, 5.41) is 8.64. The first-order chi connectivity index (χ1) is 5.27. The second kappa shape index (κ2) is 3.49. The molecule has 0 saturated heterocycles. The van der Waals surface area contributed by atoms with Gasteiger partial charge in [-0.25, -0.2) is 4.39 Å². The Hall–Kier alpha value is -0.890. The van der Waals surface area contributed by atoms with Crippen molar-refractivity contribution in [3.8, 4) is 0 Å². The van der Waals surface area contributed by atoms with E-state index < -0.39 is 0 Å². The SMILES string of the molecule is CCc1ccc(CO)c(F)c1. The standard InChI is InChI=1S/C9H11FO/c1-2-7-3-4-8(6-11)9(10)5-7/h3-5,11H,2,6H2,1H3. The lowest BCUT2D eigenvalue weighted by Gasteiger charge is -2.00. The van der Waals surface area contributed by atoms with Gasteiger partial charge in [-0.15, -0.1) is 0 Å². The van der Waals surface area contributed by atoms with Crippen LogP contribution < -0.4 is 0 Å². The predicted molar refractivity (Wildman–Crippen MR) is 41.7 cm³/mol. The average molecular weight is 154 g/mol. The first kappa shape index (κ1) is 8.21. The van der Waals surface area contributed by atoms with E-state index in [4.69, 9.17) is 5.11 Å². The molecule has 11 heavy (non-hydrogen) atoms. The summed E-state index contributed by atoms with van der Waals surface area (Å²) in [7, 11) is 0. The van der Waals surface area contributed by atoms with Crippen LogP contribution >= 0.6 is 0 Å². The van der Waals surface area contributed by atoms with Gasteiger partial charge >= 0.3 is 0 Å². The largest absolute Gasteiger partial charge is 0.392 e. The molecule has 1 aromatic carbocycles. The molecule has 0 atom stereocenters. The van der Waals surface area contributed by atoms with Crippen LogP contribution in [0.1, 0.15) is 18.1 Å². The van der Waals surface area contributed by atoms with Crippen molar-refractivity contribution < 1.29 is 9.50 Å². The summed E-state index contributed by atoms with van der Waals surface area (Å²) in [6.07, 6.45) is 0.822. The van der Waals surface area contributed by atoms with Crippen molar-refractivity contribution in [2.75, 3.05) is 0 Å². The molecule has 0 unspecified atom stereocenters. The maximum absolute atomic E-state index is 12.9. The Morgan fingerprint density at radius 2 is 2.18 bits per heavy atom. The quantitative estimate of drug-likeness (QED) is 0.689. The van der Waals surface area contributed by atoms with Crippen molar-refractivity contribution in [3.63, 3.8) is 0 Å². The van der Waals surface area contributed by atoms with Gasteiger partial charge in [-0.2, -0.15) is 0 Å². The molecule has 0 amide bonds. The number of benzene rings is 1. The van der Waals surface area contributed by atoms with Crippen LogP contribution in [-0.4, -0.2) is 5.11 Å². The minimum Gasteiger partial charge on any atom is -0.392 e. The van der Waals surface area contributed by atoms with Gasteiger partial charge in [-0.1, -0.05) is 19.1 Å². The maximum atomic E-state index is 12.9. The van der Waals surface area contributed by atoms with Crippen LogP contribution in [0.15, 0.2) is 18.2 Å². The van der Waals surface area contributed by atoms with E-state index in [1.165, 1.54) is 6.07 Å². The van der Waals surface area contributed by atoms with E-state index in [1.807, 2.05) is 13.0 Å². The Bertz CT molecular complexity index is 245. The van der Waals surface area contributed by atoms with E-state index in [1.54, 1.807) is 6.07 Å². The normalized spacial score (nSPS) is 10.1. The lowest BCUT2D eigenvalue weighted by molar-refractivity contribution is 0.275. The third-order valence-corrected chi connectivity index (χ3v) is 1.70. The highest BCUT2D eigenvalue weighted by molar-refractivity contribution is 5.23. The molecule has 0 bridgehead atoms. The summed E-state index contributed by atoms with van der Waals surface area (Å²) in [6, 6.07) is 4.91. The second-order valence-electron chi connectivity index (χ2n) is 2.44. The van der Waals surface area contributed by atoms with Gasteiger partial charge in [0.1, 0.15) is 5.82 Å². The van der Waals surface area contributed by atoms with Gasteiger partial charge in [0.2, 0.25) is 0 Å². The van der Waals surface area contributed by atoms with Crippen LogP contribution in [0.3, 0.4) is 0 Å². The molecule has 1 N–H and O–H groups in total. The predicted octanol–water partition coefficient (Wildman–Crippen LogP) is 1.88. The monoisotopic (exact) mass is 154 g/mol. The molecule has 0 aromatic heterocycles. The van der Waals surface area contributed by atoms with Crippen molar-refractivity contribution in [1.82, 2.24) is 0 Å². The summed E-state index contributed by atoms with van der Waals surface area (Å²) in [6.45, 7) is 1.74. The Morgan fingerprint density at radius 3 is 2.64 bits per heavy atom. The van der Waals surface area contributed by atoms with Crippen LogP contribution in [0.5, 0.6) is 0 Å². The Labute approximate surface area is 65.5 Å². The second-order valence-corrected chi connectivity index (χ2v) is 2.44. The van der Waals surface area contributed by atoms with Crippen LogP contribution in [-0.2, 0) is 13.0 Å². The molecule has 2 heteroatoms. The molecule has 0 spiro atoms. The highest BCUT2D eigenvalue weighted by atomic mass is 19.1. The third kappa shape index (κ3) is 1.77. The molecule has 1 aromatic rings. The molecule has 0 aliphatic heterocycles. The number of halogens is 1. The molecule has 1 nitrogen and oxygen atoms in total. The fraction of sp³-hybridized carbons (Fsp3) is 0.333. The number of aliphatic hydroxyl groups is 1. The zero-order valence-corrected chi connectivity index (χ0v) is 6.47. The van der Waals surface area contributed by atoms with Gasteiger partial charge in [-0.3, -0.25) is 0 Å². The van der Waals surface area contributed by atoms with Gasteiger partial charge in [0, 0.05) is 5.56 Å². The summed E-state index contributed by atoms with van der Waals surface area (Å²) in [5.41, 5.74) is 1.32. The van der Waals surface area contributed by atoms with E-state index in [2.05, 4.69) is 0 Å². The van der Waals surface area contributed by atoms with Crippen molar-refractivity contribution in [2.45, 2.75) is 20.0 Å². The van der Waals surface area contributed by atoms with E-state index in [0.29, 0.717) is 5.56 Å². The average Bonchev–Trinajstić information content (AvgIpc) is 2.04. The van der Waals surface area contributed by atoms with Gasteiger partial charge in [0.15, 0.2) is 0 Å². The minimum atomic E-state index is -0.313. The highest BCUT2D eigenvalue weighted by Crippen LogP contribution is 2.10. The molecular formula is C9H11FO. The molecule has 0 fully saturated rings. The molecule has 60 valence electrons. The van der Waals surface area contributed by atoms with E-state index in [0.717, 1.165) is 12.0 Å². The Morgan fingerprint density at radius 1 is 1.45 bits per heavy atom. The summed E-state index contributed by atoms with van der Waals surface area (Å²) < 4.78 is 12.9. The van der Waals surface area contributed by atoms with Crippen molar-refractivity contribution >= 4 is 0 Å². The molecule has 0 aliphatic rings. The number of rotatable bonds is 2. The summed E-state index contributed by atoms with van der Waals surface area (Å²) >= 11 is 0. The molecule has 1 rings (SSSR count). The molecule has 0 radical (unpaired) electrons. The summed E-state index contributed by atoms with van der Waals surface area (Å²) in [4.78, 5) is 0. The van der Waals surface area contributed by atoms with E-state index in [9.17, 15) is 4.39 Å². The van der Waals surface area contributed by atoms with Gasteiger partial charge in [0.05, 0.1) is 6.61 Å². The van der Waals surface area contributed by atoms with E-state index in [-0.39, 0.29) is 12.4 Å². The smallest absolute Gasteiger partial charge is 0.128 e. The topological polar surface area (TPSA) is 20.2 Å². The number of hydrogen-bond donors (Lipinski definition) is 1. The zero-order chi connectivity index (χ0) is 8.27. The lowest BCUT2D eigenvalue weighted by atomic mass is 10.1. The Balaban J connectivity index is 2.99. The molecular weight excluding hydrogens is 143 g/mol. The van der Waals surface area contributed by atoms with E-state index >= 15 is 0 Å². The third-order valence-electron chi connectivity index (χ3n) is 1.70. The molecule has 0 saturated carbocycles. The van der Waals surface area contributed by atoms with Gasteiger partial charge < -0.3 is 5.11 Å². The molecule has 0 aliphatic carbocycles. The first-order valence-electron chi connectivity index (χ1n) is 3.66. The van der Waals surface area contributed by atoms with Crippen molar-refractivity contribution in [2.24, 2.45) is 0 Å². The van der Waals surface area contributed by atoms with Crippen molar-refractivity contribution in [3.05, 3.63) is 35.1 Å². The minimum absolute atomic E-state index is 0.226. The zero-order valence-electron chi connectivity index (χ0n) is 6.47. The van der Waals surface area contributed by atoms with Gasteiger partial charge in [0.25, 0.3) is 0 Å². The highest BCUT2D eigenvalue weighted by Gasteiger charge is 1.99. The fourth-order valence-corrected chi connectivity index (χ4v) is 0.939. The van der Waals surface area contributed by atoms with Crippen LogP contribution in [0.25, 0.3) is 0 Å². The van der Waals surface area contributed by atoms with Crippen LogP contribution in [0.4, 0.5) is 4.39 Å². The number of aliphatic hydroxyl groups excluding tert-OH is 1. The number of hydrogen-bond acceptors (Lipinski definition) is 1. The lowest BCUT2D eigenvalue weighted by Crippen LogP contribution is -1.91. The van der Waals surface area contributed by atoms with Crippen LogP contribution in [0, 0.1) is 5.82 Å². The number of aryl methyl sites for hydroxylation is 1. The van der Waals surface area contributed by atoms with Crippen molar-refractivity contribution in [1.29, 1.82) is 0 Å². The fourth-order valence-electron chi connectivity index (χ4n) is 0.939. The molecule has 0 heterocycles. The van der Waals surface area contributed by atoms with Crippen LogP contribution in [0.2, 0.25) is 0 Å². The van der Waals surface area contributed by atoms with Gasteiger partial charge in [-0.05, 0) is 18.1 Å². The Kier molecular flexibility index (Phi) is 2.60. The first-order valence-corrected chi connectivity index (χ1v) is 3.66. The maximum Gasteiger partial charge on any atom is 0.128 e.